The first kappa shape index (κ1) is 17.6. The maximum Gasteiger partial charge on any atom is 0.191 e. The van der Waals surface area contributed by atoms with Gasteiger partial charge in [-0.3, -0.25) is 4.99 Å². The Morgan fingerprint density at radius 2 is 2.00 bits per heavy atom. The van der Waals surface area contributed by atoms with Gasteiger partial charge in [-0.1, -0.05) is 19.1 Å². The molecule has 5 nitrogen and oxygen atoms in total. The van der Waals surface area contributed by atoms with Gasteiger partial charge in [-0.15, -0.1) is 0 Å². The van der Waals surface area contributed by atoms with Crippen molar-refractivity contribution in [3.05, 3.63) is 29.8 Å². The number of aliphatic imine (C=N–C) groups is 1. The highest BCUT2D eigenvalue weighted by atomic mass is 16.5. The van der Waals surface area contributed by atoms with Crippen LogP contribution in [0.4, 0.5) is 0 Å². The lowest BCUT2D eigenvalue weighted by Gasteiger charge is -2.24. The zero-order valence-corrected chi connectivity index (χ0v) is 15.0. The van der Waals surface area contributed by atoms with Crippen LogP contribution in [0, 0.1) is 5.92 Å². The highest BCUT2D eigenvalue weighted by Gasteiger charge is 2.33. The van der Waals surface area contributed by atoms with E-state index in [4.69, 9.17) is 9.73 Å². The molecule has 0 spiro atoms. The van der Waals surface area contributed by atoms with Crippen LogP contribution in [0.5, 0.6) is 5.75 Å². The second kappa shape index (κ2) is 8.20. The minimum atomic E-state index is 0.244. The fourth-order valence-corrected chi connectivity index (χ4v) is 2.59. The number of benzene rings is 1. The fourth-order valence-electron chi connectivity index (χ4n) is 2.59. The highest BCUT2D eigenvalue weighted by molar-refractivity contribution is 5.80. The van der Waals surface area contributed by atoms with Crippen LogP contribution >= 0.6 is 0 Å². The van der Waals surface area contributed by atoms with Crippen LogP contribution in [-0.2, 0) is 0 Å². The number of ether oxygens (including phenoxy) is 1. The first-order valence-electron chi connectivity index (χ1n) is 8.40. The molecule has 23 heavy (non-hydrogen) atoms. The molecular formula is C18H30N4O. The Bertz CT molecular complexity index is 512. The second-order valence-corrected chi connectivity index (χ2v) is 6.44. The van der Waals surface area contributed by atoms with E-state index < -0.39 is 0 Å². The van der Waals surface area contributed by atoms with E-state index in [2.05, 4.69) is 55.6 Å². The van der Waals surface area contributed by atoms with Gasteiger partial charge in [-0.2, -0.15) is 0 Å². The van der Waals surface area contributed by atoms with Gasteiger partial charge >= 0.3 is 0 Å². The van der Waals surface area contributed by atoms with Crippen LogP contribution in [0.25, 0.3) is 0 Å². The fraction of sp³-hybridized carbons (Fsp3) is 0.611. The summed E-state index contributed by atoms with van der Waals surface area (Å²) in [6, 6.07) is 9.06. The van der Waals surface area contributed by atoms with Gasteiger partial charge < -0.3 is 20.3 Å². The Hall–Kier alpha value is -1.75. The first-order chi connectivity index (χ1) is 11.0. The van der Waals surface area contributed by atoms with E-state index in [0.717, 1.165) is 30.7 Å². The third kappa shape index (κ3) is 5.13. The lowest BCUT2D eigenvalue weighted by atomic mass is 10.1. The molecule has 1 fully saturated rings. The van der Waals surface area contributed by atoms with E-state index in [1.54, 1.807) is 7.11 Å². The molecule has 2 N–H and O–H groups in total. The van der Waals surface area contributed by atoms with Crippen molar-refractivity contribution in [2.45, 2.75) is 32.4 Å². The van der Waals surface area contributed by atoms with Crippen LogP contribution < -0.4 is 15.4 Å². The summed E-state index contributed by atoms with van der Waals surface area (Å²) >= 11 is 0. The standard InChI is InChI=1S/C18H30N4O/c1-6-19-18(21-16-11-13(16)2)20-12-17(22(3)4)14-7-9-15(23-5)10-8-14/h7-10,13,16-17H,6,11-12H2,1-5H3,(H2,19,20,21). The van der Waals surface area contributed by atoms with Crippen molar-refractivity contribution in [1.29, 1.82) is 0 Å². The summed E-state index contributed by atoms with van der Waals surface area (Å²) in [6.07, 6.45) is 1.24. The Labute approximate surface area is 140 Å². The predicted octanol–water partition coefficient (Wildman–Crippen LogP) is 2.26. The average Bonchev–Trinajstić information content (AvgIpc) is 3.23. The smallest absolute Gasteiger partial charge is 0.191 e. The summed E-state index contributed by atoms with van der Waals surface area (Å²) < 4.78 is 5.24. The Morgan fingerprint density at radius 1 is 1.35 bits per heavy atom. The molecule has 3 unspecified atom stereocenters. The summed E-state index contributed by atoms with van der Waals surface area (Å²) in [5, 5.41) is 6.84. The molecule has 1 aromatic rings. The third-order valence-electron chi connectivity index (χ3n) is 4.32. The van der Waals surface area contributed by atoms with E-state index in [1.807, 2.05) is 12.1 Å². The molecule has 128 valence electrons. The molecule has 1 aromatic carbocycles. The number of likely N-dealkylation sites (N-methyl/N-ethyl adjacent to an activating group) is 1. The quantitative estimate of drug-likeness (QED) is 0.598. The number of nitrogens with zero attached hydrogens (tertiary/aromatic N) is 2. The largest absolute Gasteiger partial charge is 0.497 e. The number of hydrogen-bond acceptors (Lipinski definition) is 3. The molecule has 0 amide bonds. The average molecular weight is 318 g/mol. The van der Waals surface area contributed by atoms with Gasteiger partial charge in [0.15, 0.2) is 5.96 Å². The van der Waals surface area contributed by atoms with Crippen molar-refractivity contribution in [1.82, 2.24) is 15.5 Å². The minimum Gasteiger partial charge on any atom is -0.497 e. The molecule has 1 aliphatic carbocycles. The summed E-state index contributed by atoms with van der Waals surface area (Å²) in [7, 11) is 5.87. The first-order valence-corrected chi connectivity index (χ1v) is 8.40. The lowest BCUT2D eigenvalue weighted by molar-refractivity contribution is 0.306. The number of rotatable bonds is 7. The molecule has 0 aromatic heterocycles. The summed E-state index contributed by atoms with van der Waals surface area (Å²) in [4.78, 5) is 6.99. The zero-order valence-electron chi connectivity index (χ0n) is 15.0. The zero-order chi connectivity index (χ0) is 16.8. The maximum absolute atomic E-state index is 5.24. The van der Waals surface area contributed by atoms with Gasteiger partial charge in [-0.25, -0.2) is 0 Å². The second-order valence-electron chi connectivity index (χ2n) is 6.44. The topological polar surface area (TPSA) is 48.9 Å². The minimum absolute atomic E-state index is 0.244. The van der Waals surface area contributed by atoms with Crippen LogP contribution in [0.3, 0.4) is 0 Å². The molecule has 1 saturated carbocycles. The van der Waals surface area contributed by atoms with Crippen LogP contribution in [-0.4, -0.2) is 51.2 Å². The van der Waals surface area contributed by atoms with Gasteiger partial charge in [0.2, 0.25) is 0 Å². The van der Waals surface area contributed by atoms with Crippen molar-refractivity contribution in [2.24, 2.45) is 10.9 Å². The summed E-state index contributed by atoms with van der Waals surface area (Å²) in [5.41, 5.74) is 1.25. The van der Waals surface area contributed by atoms with Crippen molar-refractivity contribution < 1.29 is 4.74 Å². The van der Waals surface area contributed by atoms with E-state index in [-0.39, 0.29) is 6.04 Å². The van der Waals surface area contributed by atoms with Crippen LogP contribution in [0.1, 0.15) is 31.9 Å². The SMILES string of the molecule is CCNC(=NCC(c1ccc(OC)cc1)N(C)C)NC1CC1C. The lowest BCUT2D eigenvalue weighted by Crippen LogP contribution is -2.39. The Morgan fingerprint density at radius 3 is 2.48 bits per heavy atom. The monoisotopic (exact) mass is 318 g/mol. The van der Waals surface area contributed by atoms with Crippen molar-refractivity contribution >= 4 is 5.96 Å². The molecule has 0 radical (unpaired) electrons. The Kier molecular flexibility index (Phi) is 6.28. The van der Waals surface area contributed by atoms with Gasteiger partial charge in [0.05, 0.1) is 19.7 Å². The van der Waals surface area contributed by atoms with Crippen molar-refractivity contribution in [3.8, 4) is 5.75 Å². The molecule has 5 heteroatoms. The van der Waals surface area contributed by atoms with E-state index >= 15 is 0 Å². The van der Waals surface area contributed by atoms with Gasteiger partial charge in [0, 0.05) is 12.6 Å². The predicted molar refractivity (Wildman–Crippen MR) is 96.1 cm³/mol. The van der Waals surface area contributed by atoms with Crippen molar-refractivity contribution in [3.63, 3.8) is 0 Å². The molecule has 0 aliphatic heterocycles. The number of guanidine groups is 1. The molecule has 3 atom stereocenters. The van der Waals surface area contributed by atoms with Crippen LogP contribution in [0.2, 0.25) is 0 Å². The van der Waals surface area contributed by atoms with Crippen LogP contribution in [0.15, 0.2) is 29.3 Å². The molecule has 2 rings (SSSR count). The summed E-state index contributed by atoms with van der Waals surface area (Å²) in [5.74, 6) is 2.56. The van der Waals surface area contributed by atoms with Gasteiger partial charge in [0.25, 0.3) is 0 Å². The molecular weight excluding hydrogens is 288 g/mol. The number of hydrogen-bond donors (Lipinski definition) is 2. The number of nitrogens with one attached hydrogen (secondary N) is 2. The van der Waals surface area contributed by atoms with E-state index in [1.165, 1.54) is 12.0 Å². The molecule has 0 bridgehead atoms. The maximum atomic E-state index is 5.24. The van der Waals surface area contributed by atoms with Crippen molar-refractivity contribution in [2.75, 3.05) is 34.3 Å². The highest BCUT2D eigenvalue weighted by Crippen LogP contribution is 2.28. The molecule has 1 aliphatic rings. The van der Waals surface area contributed by atoms with E-state index in [9.17, 15) is 0 Å². The molecule has 0 heterocycles. The third-order valence-corrected chi connectivity index (χ3v) is 4.32. The Balaban J connectivity index is 2.05. The van der Waals surface area contributed by atoms with Gasteiger partial charge in [-0.05, 0) is 51.1 Å². The van der Waals surface area contributed by atoms with E-state index in [0.29, 0.717) is 6.04 Å². The number of methoxy groups -OCH3 is 1. The normalized spacial score (nSPS) is 21.9. The molecule has 0 saturated heterocycles. The van der Waals surface area contributed by atoms with Gasteiger partial charge in [0.1, 0.15) is 5.75 Å². The summed E-state index contributed by atoms with van der Waals surface area (Å²) in [6.45, 7) is 5.96.